The third kappa shape index (κ3) is 4.07. The molecule has 0 aliphatic heterocycles. The molecule has 0 atom stereocenters. The van der Waals surface area contributed by atoms with Crippen LogP contribution < -0.4 is 10.6 Å². The predicted molar refractivity (Wildman–Crippen MR) is 108 cm³/mol. The van der Waals surface area contributed by atoms with Gasteiger partial charge in [0, 0.05) is 30.2 Å². The van der Waals surface area contributed by atoms with Crippen LogP contribution in [0.2, 0.25) is 0 Å². The molecule has 0 fully saturated rings. The number of ether oxygens (including phenoxy) is 1. The topological polar surface area (TPSA) is 68.2 Å². The highest BCUT2D eigenvalue weighted by atomic mass is 32.1. The van der Waals surface area contributed by atoms with Crippen molar-refractivity contribution < 1.29 is 9.53 Å². The molecule has 1 aliphatic rings. The molecule has 1 aliphatic carbocycles. The van der Waals surface area contributed by atoms with Crippen LogP contribution in [-0.4, -0.2) is 27.5 Å². The first-order valence-electron chi connectivity index (χ1n) is 8.85. The standard InChI is InChI=1S/C18H24N4O2S2/c1-4-24-17(23)15-13-7-5-6-8-14(13)26-16(15)20-18(25)19-9-12-10-22(3)21-11(12)2/h10H,4-9H2,1-3H3,(H2,19,20,25). The largest absolute Gasteiger partial charge is 0.462 e. The Morgan fingerprint density at radius 2 is 2.19 bits per heavy atom. The minimum Gasteiger partial charge on any atom is -0.462 e. The maximum Gasteiger partial charge on any atom is 0.341 e. The zero-order chi connectivity index (χ0) is 18.7. The van der Waals surface area contributed by atoms with Gasteiger partial charge in [0.1, 0.15) is 5.00 Å². The first-order chi connectivity index (χ1) is 12.5. The molecule has 0 unspecified atom stereocenters. The molecule has 8 heteroatoms. The Kier molecular flexibility index (Phi) is 5.93. The van der Waals surface area contributed by atoms with Gasteiger partial charge in [0.2, 0.25) is 0 Å². The molecule has 2 N–H and O–H groups in total. The van der Waals surface area contributed by atoms with Gasteiger partial charge in [-0.3, -0.25) is 4.68 Å². The predicted octanol–water partition coefficient (Wildman–Crippen LogP) is 3.33. The lowest BCUT2D eigenvalue weighted by atomic mass is 9.95. The molecule has 6 nitrogen and oxygen atoms in total. The number of carbonyl (C=O) groups is 1. The Morgan fingerprint density at radius 1 is 1.42 bits per heavy atom. The van der Waals surface area contributed by atoms with Gasteiger partial charge in [-0.15, -0.1) is 11.3 Å². The van der Waals surface area contributed by atoms with E-state index < -0.39 is 0 Å². The van der Waals surface area contributed by atoms with Crippen molar-refractivity contribution >= 4 is 39.6 Å². The van der Waals surface area contributed by atoms with Gasteiger partial charge >= 0.3 is 5.97 Å². The first-order valence-corrected chi connectivity index (χ1v) is 10.1. The van der Waals surface area contributed by atoms with E-state index in [9.17, 15) is 4.79 Å². The third-order valence-electron chi connectivity index (χ3n) is 4.43. The van der Waals surface area contributed by atoms with Gasteiger partial charge < -0.3 is 15.4 Å². The van der Waals surface area contributed by atoms with Crippen LogP contribution >= 0.6 is 23.6 Å². The van der Waals surface area contributed by atoms with Gasteiger partial charge in [-0.25, -0.2) is 4.79 Å². The summed E-state index contributed by atoms with van der Waals surface area (Å²) in [4.78, 5) is 13.7. The number of rotatable bonds is 5. The van der Waals surface area contributed by atoms with E-state index in [1.54, 1.807) is 16.0 Å². The summed E-state index contributed by atoms with van der Waals surface area (Å²) in [7, 11) is 1.90. The number of thiocarbonyl (C=S) groups is 1. The molecule has 140 valence electrons. The molecule has 0 radical (unpaired) electrons. The summed E-state index contributed by atoms with van der Waals surface area (Å²) in [6, 6.07) is 0. The van der Waals surface area contributed by atoms with Gasteiger partial charge in [-0.1, -0.05) is 0 Å². The van der Waals surface area contributed by atoms with Crippen molar-refractivity contribution in [3.05, 3.63) is 33.5 Å². The Hall–Kier alpha value is -1.93. The van der Waals surface area contributed by atoms with E-state index in [0.29, 0.717) is 23.8 Å². The molecular weight excluding hydrogens is 368 g/mol. The zero-order valence-electron chi connectivity index (χ0n) is 15.3. The lowest BCUT2D eigenvalue weighted by Gasteiger charge is -2.13. The molecule has 2 heterocycles. The van der Waals surface area contributed by atoms with Crippen LogP contribution in [0.3, 0.4) is 0 Å². The van der Waals surface area contributed by atoms with E-state index in [4.69, 9.17) is 17.0 Å². The SMILES string of the molecule is CCOC(=O)c1c(NC(=S)NCc2cn(C)nc2C)sc2c1CCCC2. The number of thiophene rings is 1. The average Bonchev–Trinajstić information content (AvgIpc) is 3.11. The van der Waals surface area contributed by atoms with Gasteiger partial charge in [0.15, 0.2) is 5.11 Å². The quantitative estimate of drug-likeness (QED) is 0.601. The molecule has 26 heavy (non-hydrogen) atoms. The molecule has 0 bridgehead atoms. The number of aryl methyl sites for hydroxylation is 3. The van der Waals surface area contributed by atoms with Crippen LogP contribution in [0, 0.1) is 6.92 Å². The fourth-order valence-electron chi connectivity index (χ4n) is 3.22. The number of aromatic nitrogens is 2. The van der Waals surface area contributed by atoms with Crippen LogP contribution in [-0.2, 0) is 31.2 Å². The van der Waals surface area contributed by atoms with E-state index in [-0.39, 0.29) is 5.97 Å². The third-order valence-corrected chi connectivity index (χ3v) is 5.89. The minimum atomic E-state index is -0.264. The van der Waals surface area contributed by atoms with E-state index >= 15 is 0 Å². The number of nitrogens with zero attached hydrogens (tertiary/aromatic N) is 2. The van der Waals surface area contributed by atoms with Gasteiger partial charge in [0.05, 0.1) is 17.9 Å². The number of anilines is 1. The minimum absolute atomic E-state index is 0.264. The summed E-state index contributed by atoms with van der Waals surface area (Å²) < 4.78 is 7.06. The number of hydrogen-bond acceptors (Lipinski definition) is 5. The highest BCUT2D eigenvalue weighted by molar-refractivity contribution is 7.80. The molecule has 3 rings (SSSR count). The summed E-state index contributed by atoms with van der Waals surface area (Å²) in [5.41, 5.74) is 3.86. The normalized spacial score (nSPS) is 13.2. The molecule has 0 saturated heterocycles. The highest BCUT2D eigenvalue weighted by Gasteiger charge is 2.26. The van der Waals surface area contributed by atoms with E-state index in [1.165, 1.54) is 4.88 Å². The summed E-state index contributed by atoms with van der Waals surface area (Å²) in [6.45, 7) is 4.75. The lowest BCUT2D eigenvalue weighted by Crippen LogP contribution is -2.28. The highest BCUT2D eigenvalue weighted by Crippen LogP contribution is 2.38. The molecule has 0 saturated carbocycles. The van der Waals surface area contributed by atoms with Gasteiger partial charge in [0.25, 0.3) is 0 Å². The average molecular weight is 393 g/mol. The Bertz CT molecular complexity index is 826. The van der Waals surface area contributed by atoms with Gasteiger partial charge in [-0.05, 0) is 57.3 Å². The second-order valence-electron chi connectivity index (χ2n) is 6.36. The van der Waals surface area contributed by atoms with E-state index in [2.05, 4.69) is 15.7 Å². The summed E-state index contributed by atoms with van der Waals surface area (Å²) >= 11 is 7.06. The number of carbonyl (C=O) groups excluding carboxylic acids is 1. The molecule has 0 amide bonds. The second-order valence-corrected chi connectivity index (χ2v) is 7.87. The zero-order valence-corrected chi connectivity index (χ0v) is 17.0. The molecule has 0 aromatic carbocycles. The van der Waals surface area contributed by atoms with Crippen LogP contribution in [0.15, 0.2) is 6.20 Å². The lowest BCUT2D eigenvalue weighted by molar-refractivity contribution is 0.0526. The van der Waals surface area contributed by atoms with Crippen LogP contribution in [0.4, 0.5) is 5.00 Å². The molecule has 2 aromatic heterocycles. The Morgan fingerprint density at radius 3 is 2.88 bits per heavy atom. The number of esters is 1. The first kappa shape index (κ1) is 18.8. The van der Waals surface area contributed by atoms with Crippen LogP contribution in [0.1, 0.15) is 51.8 Å². The second kappa shape index (κ2) is 8.18. The number of fused-ring (bicyclic) bond motifs is 1. The van der Waals surface area contributed by atoms with Gasteiger partial charge in [-0.2, -0.15) is 5.10 Å². The molecule has 2 aromatic rings. The molecule has 0 spiro atoms. The van der Waals surface area contributed by atoms with Crippen molar-refractivity contribution in [1.82, 2.24) is 15.1 Å². The fourth-order valence-corrected chi connectivity index (χ4v) is 4.74. The van der Waals surface area contributed by atoms with Crippen molar-refractivity contribution in [2.45, 2.75) is 46.1 Å². The van der Waals surface area contributed by atoms with E-state index in [0.717, 1.165) is 47.5 Å². The van der Waals surface area contributed by atoms with Crippen molar-refractivity contribution in [2.75, 3.05) is 11.9 Å². The van der Waals surface area contributed by atoms with Crippen molar-refractivity contribution in [2.24, 2.45) is 7.05 Å². The monoisotopic (exact) mass is 392 g/mol. The fraction of sp³-hybridized carbons (Fsp3) is 0.500. The van der Waals surface area contributed by atoms with Crippen LogP contribution in [0.25, 0.3) is 0 Å². The number of nitrogens with one attached hydrogen (secondary N) is 2. The van der Waals surface area contributed by atoms with Crippen molar-refractivity contribution in [3.8, 4) is 0 Å². The van der Waals surface area contributed by atoms with Crippen LogP contribution in [0.5, 0.6) is 0 Å². The summed E-state index contributed by atoms with van der Waals surface area (Å²) in [5, 5.41) is 12.0. The van der Waals surface area contributed by atoms with Crippen molar-refractivity contribution in [3.63, 3.8) is 0 Å². The molecular formula is C18H24N4O2S2. The number of hydrogen-bond donors (Lipinski definition) is 2. The Balaban J connectivity index is 1.73. The smallest absolute Gasteiger partial charge is 0.341 e. The van der Waals surface area contributed by atoms with Crippen molar-refractivity contribution in [1.29, 1.82) is 0 Å². The van der Waals surface area contributed by atoms with E-state index in [1.807, 2.05) is 27.1 Å². The summed E-state index contributed by atoms with van der Waals surface area (Å²) in [5.74, 6) is -0.264. The maximum atomic E-state index is 12.5. The summed E-state index contributed by atoms with van der Waals surface area (Å²) in [6.07, 6.45) is 6.19. The maximum absolute atomic E-state index is 12.5. The Labute approximate surface area is 162 Å².